The number of anilines is 1. The summed E-state index contributed by atoms with van der Waals surface area (Å²) in [6, 6.07) is 11.7. The first-order chi connectivity index (χ1) is 14.4. The van der Waals surface area contributed by atoms with Gasteiger partial charge >= 0.3 is 0 Å². The van der Waals surface area contributed by atoms with Gasteiger partial charge in [-0.2, -0.15) is 0 Å². The lowest BCUT2D eigenvalue weighted by Crippen LogP contribution is -2.24. The van der Waals surface area contributed by atoms with Gasteiger partial charge in [0.2, 0.25) is 0 Å². The predicted octanol–water partition coefficient (Wildman–Crippen LogP) is 4.24. The maximum Gasteiger partial charge on any atom is 0.270 e. The van der Waals surface area contributed by atoms with Gasteiger partial charge in [0.15, 0.2) is 0 Å². The number of carbonyl (C=O) groups excluding carboxylic acids is 1. The molecule has 3 aromatic heterocycles. The molecule has 0 saturated heterocycles. The number of rotatable bonds is 5. The fourth-order valence-electron chi connectivity index (χ4n) is 4.06. The van der Waals surface area contributed by atoms with E-state index in [4.69, 9.17) is 0 Å². The number of aryl methyl sites for hydroxylation is 2. The van der Waals surface area contributed by atoms with Gasteiger partial charge in [-0.3, -0.25) is 14.8 Å². The van der Waals surface area contributed by atoms with Crippen molar-refractivity contribution in [2.45, 2.75) is 39.2 Å². The zero-order chi connectivity index (χ0) is 21.3. The lowest BCUT2D eigenvalue weighted by atomic mass is 9.83. The standard InChI is InChI=1S/C24H25N5O/c1-14-10-18(11-15(2)28-14)12-27-24(30)21-8-7-19(13-26-21)16(3)22-17(4)29-23-20(22)6-5-9-25-23/h5-11,13,16,22H,4,12H2,1-3H3,(H,25,29)(H,27,30)/t16-,22?/m1/s1. The van der Waals surface area contributed by atoms with Gasteiger partial charge in [0.05, 0.1) is 0 Å². The maximum absolute atomic E-state index is 12.5. The van der Waals surface area contributed by atoms with E-state index in [0.29, 0.717) is 12.2 Å². The van der Waals surface area contributed by atoms with Crippen LogP contribution in [0.3, 0.4) is 0 Å². The molecule has 4 rings (SSSR count). The number of aromatic nitrogens is 3. The number of pyridine rings is 3. The summed E-state index contributed by atoms with van der Waals surface area (Å²) in [5.41, 5.74) is 6.43. The molecule has 6 heteroatoms. The molecule has 30 heavy (non-hydrogen) atoms. The Morgan fingerprint density at radius 1 is 1.20 bits per heavy atom. The molecule has 0 bridgehead atoms. The Morgan fingerprint density at radius 3 is 2.67 bits per heavy atom. The van der Waals surface area contributed by atoms with E-state index in [1.807, 2.05) is 38.1 Å². The van der Waals surface area contributed by atoms with E-state index in [9.17, 15) is 4.79 Å². The molecule has 0 saturated carbocycles. The average Bonchev–Trinajstić information content (AvgIpc) is 3.06. The monoisotopic (exact) mass is 399 g/mol. The number of nitrogens with one attached hydrogen (secondary N) is 2. The zero-order valence-electron chi connectivity index (χ0n) is 17.4. The van der Waals surface area contributed by atoms with E-state index >= 15 is 0 Å². The van der Waals surface area contributed by atoms with Crippen LogP contribution < -0.4 is 10.6 Å². The lowest BCUT2D eigenvalue weighted by Gasteiger charge is -2.20. The highest BCUT2D eigenvalue weighted by Crippen LogP contribution is 2.44. The van der Waals surface area contributed by atoms with Crippen molar-refractivity contribution in [3.63, 3.8) is 0 Å². The zero-order valence-corrected chi connectivity index (χ0v) is 17.4. The molecule has 4 heterocycles. The fraction of sp³-hybridized carbons (Fsp3) is 0.250. The molecule has 1 aliphatic heterocycles. The number of hydrogen-bond acceptors (Lipinski definition) is 5. The average molecular weight is 399 g/mol. The molecule has 1 unspecified atom stereocenters. The quantitative estimate of drug-likeness (QED) is 0.671. The van der Waals surface area contributed by atoms with Crippen LogP contribution in [0.1, 0.15) is 57.3 Å². The molecule has 0 fully saturated rings. The van der Waals surface area contributed by atoms with Crippen LogP contribution in [0.25, 0.3) is 0 Å². The normalized spacial score (nSPS) is 16.0. The summed E-state index contributed by atoms with van der Waals surface area (Å²) in [5.74, 6) is 0.948. The van der Waals surface area contributed by atoms with Gasteiger partial charge in [0, 0.05) is 47.5 Å². The van der Waals surface area contributed by atoms with Crippen LogP contribution in [0.4, 0.5) is 5.82 Å². The van der Waals surface area contributed by atoms with E-state index in [0.717, 1.165) is 39.6 Å². The van der Waals surface area contributed by atoms with E-state index < -0.39 is 0 Å². The largest absolute Gasteiger partial charge is 0.347 e. The van der Waals surface area contributed by atoms with Crippen molar-refractivity contribution in [1.82, 2.24) is 20.3 Å². The van der Waals surface area contributed by atoms with Crippen LogP contribution in [0, 0.1) is 13.8 Å². The molecule has 2 N–H and O–H groups in total. The number of fused-ring (bicyclic) bond motifs is 1. The van der Waals surface area contributed by atoms with Crippen molar-refractivity contribution in [2.75, 3.05) is 5.32 Å². The Kier molecular flexibility index (Phi) is 5.31. The van der Waals surface area contributed by atoms with Crippen LogP contribution >= 0.6 is 0 Å². The third-order valence-electron chi connectivity index (χ3n) is 5.47. The Bertz CT molecular complexity index is 1090. The summed E-state index contributed by atoms with van der Waals surface area (Å²) in [6.07, 6.45) is 3.55. The molecule has 0 aliphatic carbocycles. The summed E-state index contributed by atoms with van der Waals surface area (Å²) in [5, 5.41) is 6.21. The highest BCUT2D eigenvalue weighted by molar-refractivity contribution is 5.92. The smallest absolute Gasteiger partial charge is 0.270 e. The van der Waals surface area contributed by atoms with Crippen LogP contribution in [0.2, 0.25) is 0 Å². The third-order valence-corrected chi connectivity index (χ3v) is 5.47. The summed E-state index contributed by atoms with van der Waals surface area (Å²) >= 11 is 0. The molecule has 3 aromatic rings. The van der Waals surface area contributed by atoms with Gasteiger partial charge < -0.3 is 10.6 Å². The Morgan fingerprint density at radius 2 is 1.97 bits per heavy atom. The van der Waals surface area contributed by atoms with Gasteiger partial charge in [-0.15, -0.1) is 0 Å². The van der Waals surface area contributed by atoms with Gasteiger partial charge in [0.1, 0.15) is 11.5 Å². The number of carbonyl (C=O) groups is 1. The van der Waals surface area contributed by atoms with E-state index in [1.54, 1.807) is 18.5 Å². The summed E-state index contributed by atoms with van der Waals surface area (Å²) in [6.45, 7) is 10.7. The van der Waals surface area contributed by atoms with Crippen molar-refractivity contribution < 1.29 is 4.79 Å². The van der Waals surface area contributed by atoms with Crippen molar-refractivity contribution in [3.05, 3.63) is 94.8 Å². The molecular formula is C24H25N5O. The highest BCUT2D eigenvalue weighted by atomic mass is 16.1. The van der Waals surface area contributed by atoms with Crippen molar-refractivity contribution >= 4 is 11.7 Å². The Labute approximate surface area is 176 Å². The molecule has 0 aromatic carbocycles. The number of allylic oxidation sites excluding steroid dienone is 1. The van der Waals surface area contributed by atoms with Crippen molar-refractivity contribution in [3.8, 4) is 0 Å². The molecule has 152 valence electrons. The molecule has 1 aliphatic rings. The topological polar surface area (TPSA) is 79.8 Å². The second-order valence-corrected chi connectivity index (χ2v) is 7.78. The molecule has 0 radical (unpaired) electrons. The highest BCUT2D eigenvalue weighted by Gasteiger charge is 2.32. The minimum absolute atomic E-state index is 0.119. The lowest BCUT2D eigenvalue weighted by molar-refractivity contribution is 0.0946. The number of hydrogen-bond donors (Lipinski definition) is 2. The van der Waals surface area contributed by atoms with E-state index in [-0.39, 0.29) is 17.7 Å². The molecule has 1 amide bonds. The maximum atomic E-state index is 12.5. The molecule has 2 atom stereocenters. The molecular weight excluding hydrogens is 374 g/mol. The number of amides is 1. The SMILES string of the molecule is C=C1Nc2ncccc2C1[C@H](C)c1ccc(C(=O)NCc2cc(C)nc(C)c2)nc1. The van der Waals surface area contributed by atoms with Crippen molar-refractivity contribution in [2.24, 2.45) is 0 Å². The van der Waals surface area contributed by atoms with Gasteiger partial charge in [0.25, 0.3) is 5.91 Å². The van der Waals surface area contributed by atoms with E-state index in [1.165, 1.54) is 0 Å². The van der Waals surface area contributed by atoms with Gasteiger partial charge in [-0.25, -0.2) is 4.98 Å². The van der Waals surface area contributed by atoms with Crippen LogP contribution in [-0.4, -0.2) is 20.9 Å². The van der Waals surface area contributed by atoms with Gasteiger partial charge in [-0.1, -0.05) is 25.6 Å². The van der Waals surface area contributed by atoms with Crippen LogP contribution in [-0.2, 0) is 6.54 Å². The summed E-state index contributed by atoms with van der Waals surface area (Å²) in [7, 11) is 0. The number of nitrogens with zero attached hydrogens (tertiary/aromatic N) is 3. The first-order valence-corrected chi connectivity index (χ1v) is 10.0. The minimum atomic E-state index is -0.192. The first kappa shape index (κ1) is 19.8. The Balaban J connectivity index is 1.45. The first-order valence-electron chi connectivity index (χ1n) is 10.0. The van der Waals surface area contributed by atoms with E-state index in [2.05, 4.69) is 45.2 Å². The molecule has 0 spiro atoms. The fourth-order valence-corrected chi connectivity index (χ4v) is 4.06. The summed E-state index contributed by atoms with van der Waals surface area (Å²) < 4.78 is 0. The van der Waals surface area contributed by atoms with Crippen LogP contribution in [0.15, 0.2) is 61.1 Å². The predicted molar refractivity (Wildman–Crippen MR) is 117 cm³/mol. The second-order valence-electron chi connectivity index (χ2n) is 7.78. The summed E-state index contributed by atoms with van der Waals surface area (Å²) in [4.78, 5) is 25.7. The van der Waals surface area contributed by atoms with Gasteiger partial charge in [-0.05, 0) is 55.2 Å². The minimum Gasteiger partial charge on any atom is -0.347 e. The van der Waals surface area contributed by atoms with Crippen molar-refractivity contribution in [1.29, 1.82) is 0 Å². The Hall–Kier alpha value is -3.54. The molecule has 6 nitrogen and oxygen atoms in total. The van der Waals surface area contributed by atoms with Crippen LogP contribution in [0.5, 0.6) is 0 Å². The second kappa shape index (κ2) is 8.06. The third kappa shape index (κ3) is 3.94.